The molecule has 0 fully saturated rings. The van der Waals surface area contributed by atoms with Crippen molar-refractivity contribution in [1.29, 1.82) is 0 Å². The first-order chi connectivity index (χ1) is 7.92. The summed E-state index contributed by atoms with van der Waals surface area (Å²) >= 11 is 0. The van der Waals surface area contributed by atoms with Gasteiger partial charge in [-0.05, 0) is 25.0 Å². The van der Waals surface area contributed by atoms with Crippen molar-refractivity contribution in [3.63, 3.8) is 0 Å². The van der Waals surface area contributed by atoms with Crippen LogP contribution in [0, 0.1) is 0 Å². The zero-order valence-corrected chi connectivity index (χ0v) is 8.80. The second-order valence-corrected chi connectivity index (χ2v) is 3.88. The van der Waals surface area contributed by atoms with Gasteiger partial charge in [-0.2, -0.15) is 0 Å². The van der Waals surface area contributed by atoms with Gasteiger partial charge in [-0.15, -0.1) is 0 Å². The Balaban J connectivity index is 1.87. The fraction of sp³-hybridized carbons (Fsp3) is 0.250. The third-order valence-electron chi connectivity index (χ3n) is 2.69. The number of hydrogen-bond acceptors (Lipinski definition) is 4. The average Bonchev–Trinajstić information content (AvgIpc) is 2.82. The van der Waals surface area contributed by atoms with Gasteiger partial charge in [0.05, 0.1) is 0 Å². The molecule has 4 nitrogen and oxygen atoms in total. The van der Waals surface area contributed by atoms with Crippen molar-refractivity contribution in [2.75, 3.05) is 5.32 Å². The van der Waals surface area contributed by atoms with Gasteiger partial charge in [0.15, 0.2) is 5.65 Å². The molecule has 0 unspecified atom stereocenters. The molecular weight excluding hydrogens is 200 g/mol. The highest BCUT2D eigenvalue weighted by Gasteiger charge is 2.10. The highest BCUT2D eigenvalue weighted by molar-refractivity contribution is 5.71. The van der Waals surface area contributed by atoms with E-state index >= 15 is 0 Å². The first-order valence-electron chi connectivity index (χ1n) is 5.41. The Morgan fingerprint density at radius 2 is 1.88 bits per heavy atom. The highest BCUT2D eigenvalue weighted by atomic mass is 15.0. The van der Waals surface area contributed by atoms with E-state index in [2.05, 4.69) is 32.4 Å². The first kappa shape index (κ1) is 9.27. The summed E-state index contributed by atoms with van der Waals surface area (Å²) in [4.78, 5) is 12.8. The minimum Gasteiger partial charge on any atom is -0.367 e. The summed E-state index contributed by atoms with van der Waals surface area (Å²) in [7, 11) is 0. The Bertz CT molecular complexity index is 527. The van der Waals surface area contributed by atoms with Crippen LogP contribution in [-0.2, 0) is 0 Å². The summed E-state index contributed by atoms with van der Waals surface area (Å²) in [5, 5.41) is 3.39. The van der Waals surface area contributed by atoms with Crippen LogP contribution in [0.2, 0.25) is 0 Å². The van der Waals surface area contributed by atoms with E-state index in [9.17, 15) is 0 Å². The topological polar surface area (TPSA) is 50.7 Å². The first-order valence-corrected chi connectivity index (χ1v) is 5.41. The lowest BCUT2D eigenvalue weighted by molar-refractivity contribution is 0.781. The van der Waals surface area contributed by atoms with Crippen molar-refractivity contribution < 1.29 is 0 Å². The minimum atomic E-state index is 0.474. The van der Waals surface area contributed by atoms with Gasteiger partial charge < -0.3 is 5.32 Å². The second kappa shape index (κ2) is 3.89. The molecule has 0 radical (unpaired) electrons. The lowest BCUT2D eigenvalue weighted by Gasteiger charge is -2.12. The van der Waals surface area contributed by atoms with Crippen molar-refractivity contribution >= 4 is 17.0 Å². The molecule has 4 heteroatoms. The van der Waals surface area contributed by atoms with Gasteiger partial charge in [-0.1, -0.05) is 12.2 Å². The van der Waals surface area contributed by atoms with E-state index in [1.165, 1.54) is 0 Å². The monoisotopic (exact) mass is 212 g/mol. The Labute approximate surface area is 93.5 Å². The Morgan fingerprint density at radius 1 is 1.06 bits per heavy atom. The van der Waals surface area contributed by atoms with Crippen LogP contribution in [0.25, 0.3) is 11.2 Å². The molecule has 80 valence electrons. The average molecular weight is 212 g/mol. The summed E-state index contributed by atoms with van der Waals surface area (Å²) in [6.07, 6.45) is 9.87. The van der Waals surface area contributed by atoms with E-state index in [4.69, 9.17) is 0 Å². The van der Waals surface area contributed by atoms with E-state index in [0.717, 1.165) is 24.2 Å². The van der Waals surface area contributed by atoms with Crippen LogP contribution < -0.4 is 5.32 Å². The zero-order valence-electron chi connectivity index (χ0n) is 8.80. The molecule has 16 heavy (non-hydrogen) atoms. The summed E-state index contributed by atoms with van der Waals surface area (Å²) in [5.41, 5.74) is 1.52. The Hall–Kier alpha value is -1.97. The van der Waals surface area contributed by atoms with E-state index in [-0.39, 0.29) is 0 Å². The van der Waals surface area contributed by atoms with Crippen molar-refractivity contribution in [3.8, 4) is 0 Å². The molecular formula is C12H12N4. The number of pyridine rings is 1. The van der Waals surface area contributed by atoms with Gasteiger partial charge in [0.1, 0.15) is 11.3 Å². The quantitative estimate of drug-likeness (QED) is 0.775. The van der Waals surface area contributed by atoms with Crippen LogP contribution in [0.15, 0.2) is 36.7 Å². The molecule has 0 atom stereocenters. The maximum Gasteiger partial charge on any atom is 0.180 e. The van der Waals surface area contributed by atoms with E-state index in [0.29, 0.717) is 11.7 Å². The molecule has 3 rings (SSSR count). The van der Waals surface area contributed by atoms with Gasteiger partial charge in [-0.3, -0.25) is 4.98 Å². The maximum atomic E-state index is 4.43. The number of aromatic nitrogens is 3. The van der Waals surface area contributed by atoms with Gasteiger partial charge in [-0.25, -0.2) is 9.97 Å². The molecule has 2 heterocycles. The predicted molar refractivity (Wildman–Crippen MR) is 63.1 cm³/mol. The fourth-order valence-electron chi connectivity index (χ4n) is 1.88. The molecule has 1 aliphatic carbocycles. The van der Waals surface area contributed by atoms with Crippen molar-refractivity contribution in [1.82, 2.24) is 15.0 Å². The van der Waals surface area contributed by atoms with Crippen LogP contribution >= 0.6 is 0 Å². The molecule has 2 aromatic heterocycles. The molecule has 0 spiro atoms. The number of fused-ring (bicyclic) bond motifs is 1. The third-order valence-corrected chi connectivity index (χ3v) is 2.69. The smallest absolute Gasteiger partial charge is 0.180 e. The Morgan fingerprint density at radius 3 is 2.75 bits per heavy atom. The molecule has 1 N–H and O–H groups in total. The van der Waals surface area contributed by atoms with E-state index < -0.39 is 0 Å². The van der Waals surface area contributed by atoms with Gasteiger partial charge in [0, 0.05) is 18.4 Å². The van der Waals surface area contributed by atoms with E-state index in [1.54, 1.807) is 12.4 Å². The SMILES string of the molecule is C1=CCC(Nc2ccc3nccnc3n2)C1. The van der Waals surface area contributed by atoms with E-state index in [1.807, 2.05) is 12.1 Å². The summed E-state index contributed by atoms with van der Waals surface area (Å²) in [6.45, 7) is 0. The number of anilines is 1. The summed E-state index contributed by atoms with van der Waals surface area (Å²) in [6, 6.07) is 4.37. The number of nitrogens with zero attached hydrogens (tertiary/aromatic N) is 3. The van der Waals surface area contributed by atoms with Crippen LogP contribution in [-0.4, -0.2) is 21.0 Å². The lowest BCUT2D eigenvalue weighted by atomic mass is 10.2. The molecule has 0 bridgehead atoms. The fourth-order valence-corrected chi connectivity index (χ4v) is 1.88. The molecule has 2 aromatic rings. The van der Waals surface area contributed by atoms with Crippen LogP contribution in [0.3, 0.4) is 0 Å². The van der Waals surface area contributed by atoms with Gasteiger partial charge in [0.2, 0.25) is 0 Å². The minimum absolute atomic E-state index is 0.474. The molecule has 0 saturated carbocycles. The standard InChI is InChI=1S/C12H12N4/c1-2-4-9(3-1)15-11-6-5-10-12(16-11)14-8-7-13-10/h1-2,5-9H,3-4H2,(H,14,15,16). The van der Waals surface area contributed by atoms with Crippen LogP contribution in [0.4, 0.5) is 5.82 Å². The number of nitrogens with one attached hydrogen (secondary N) is 1. The Kier molecular flexibility index (Phi) is 2.25. The van der Waals surface area contributed by atoms with Crippen LogP contribution in [0.1, 0.15) is 12.8 Å². The largest absolute Gasteiger partial charge is 0.367 e. The van der Waals surface area contributed by atoms with Crippen molar-refractivity contribution in [3.05, 3.63) is 36.7 Å². The molecule has 0 aromatic carbocycles. The maximum absolute atomic E-state index is 4.43. The lowest BCUT2D eigenvalue weighted by Crippen LogP contribution is -2.15. The van der Waals surface area contributed by atoms with Crippen molar-refractivity contribution in [2.45, 2.75) is 18.9 Å². The predicted octanol–water partition coefficient (Wildman–Crippen LogP) is 2.16. The normalized spacial score (nSPS) is 15.8. The number of rotatable bonds is 2. The molecule has 0 saturated heterocycles. The highest BCUT2D eigenvalue weighted by Crippen LogP contribution is 2.16. The second-order valence-electron chi connectivity index (χ2n) is 3.88. The zero-order chi connectivity index (χ0) is 10.8. The summed E-state index contributed by atoms with van der Waals surface area (Å²) in [5.74, 6) is 0.877. The summed E-state index contributed by atoms with van der Waals surface area (Å²) < 4.78 is 0. The number of hydrogen-bond donors (Lipinski definition) is 1. The molecule has 0 aliphatic heterocycles. The molecule has 1 aliphatic rings. The van der Waals surface area contributed by atoms with Crippen molar-refractivity contribution in [2.24, 2.45) is 0 Å². The van der Waals surface area contributed by atoms with Gasteiger partial charge >= 0.3 is 0 Å². The van der Waals surface area contributed by atoms with Crippen LogP contribution in [0.5, 0.6) is 0 Å². The molecule has 0 amide bonds. The van der Waals surface area contributed by atoms with Gasteiger partial charge in [0.25, 0.3) is 0 Å². The third kappa shape index (κ3) is 1.74.